The first kappa shape index (κ1) is 12.4. The summed E-state index contributed by atoms with van der Waals surface area (Å²) in [4.78, 5) is 0. The van der Waals surface area contributed by atoms with Crippen LogP contribution in [0.1, 0.15) is 18.4 Å². The molecule has 0 atom stereocenters. The lowest BCUT2D eigenvalue weighted by Crippen LogP contribution is -2.32. The first-order valence-corrected chi connectivity index (χ1v) is 7.58. The molecule has 17 heavy (non-hydrogen) atoms. The van der Waals surface area contributed by atoms with Crippen molar-refractivity contribution < 1.29 is 13.5 Å². The van der Waals surface area contributed by atoms with Gasteiger partial charge in [0, 0.05) is 17.3 Å². The van der Waals surface area contributed by atoms with Gasteiger partial charge in [-0.3, -0.25) is 0 Å². The molecule has 2 rings (SSSR count). The van der Waals surface area contributed by atoms with Crippen LogP contribution in [-0.2, 0) is 16.4 Å². The summed E-state index contributed by atoms with van der Waals surface area (Å²) in [7, 11) is -2.81. The van der Waals surface area contributed by atoms with Gasteiger partial charge in [-0.15, -0.1) is 0 Å². The molecule has 1 fully saturated rings. The van der Waals surface area contributed by atoms with E-state index < -0.39 is 9.84 Å². The maximum Gasteiger partial charge on any atom is 0.150 e. The number of benzene rings is 1. The van der Waals surface area contributed by atoms with E-state index in [4.69, 9.17) is 0 Å². The van der Waals surface area contributed by atoms with Gasteiger partial charge in [0.1, 0.15) is 9.84 Å². The molecule has 0 spiro atoms. The van der Waals surface area contributed by atoms with Crippen molar-refractivity contribution in [2.45, 2.75) is 25.5 Å². The Morgan fingerprint density at radius 1 is 1.24 bits per heavy atom. The quantitative estimate of drug-likeness (QED) is 0.851. The van der Waals surface area contributed by atoms with Gasteiger partial charge in [0.2, 0.25) is 0 Å². The third kappa shape index (κ3) is 3.20. The normalized spacial score (nSPS) is 20.1. The summed E-state index contributed by atoms with van der Waals surface area (Å²) < 4.78 is 22.6. The maximum absolute atomic E-state index is 11.3. The van der Waals surface area contributed by atoms with Gasteiger partial charge in [0.05, 0.1) is 18.1 Å². The van der Waals surface area contributed by atoms with Crippen LogP contribution in [0.2, 0.25) is 0 Å². The number of aliphatic hydroxyl groups is 1. The number of anilines is 1. The third-order valence-corrected chi connectivity index (χ3v) is 4.82. The van der Waals surface area contributed by atoms with Crippen molar-refractivity contribution in [1.29, 1.82) is 0 Å². The number of rotatable bonds is 3. The molecule has 4 nitrogen and oxygen atoms in total. The summed E-state index contributed by atoms with van der Waals surface area (Å²) in [5.74, 6) is 0.512. The van der Waals surface area contributed by atoms with E-state index in [9.17, 15) is 13.5 Å². The van der Waals surface area contributed by atoms with Gasteiger partial charge in [-0.05, 0) is 18.9 Å². The lowest BCUT2D eigenvalue weighted by atomic mass is 10.1. The third-order valence-electron chi connectivity index (χ3n) is 3.10. The molecule has 1 aliphatic heterocycles. The van der Waals surface area contributed by atoms with Gasteiger partial charge in [0.25, 0.3) is 0 Å². The zero-order valence-electron chi connectivity index (χ0n) is 9.59. The summed E-state index contributed by atoms with van der Waals surface area (Å²) in [5.41, 5.74) is 1.75. The largest absolute Gasteiger partial charge is 0.392 e. The minimum atomic E-state index is -2.81. The molecule has 1 heterocycles. The molecule has 1 aromatic carbocycles. The maximum atomic E-state index is 11.3. The fraction of sp³-hybridized carbons (Fsp3) is 0.500. The molecule has 0 unspecified atom stereocenters. The molecule has 94 valence electrons. The van der Waals surface area contributed by atoms with Crippen LogP contribution in [0.15, 0.2) is 24.3 Å². The Balaban J connectivity index is 2.02. The minimum Gasteiger partial charge on any atom is -0.392 e. The summed E-state index contributed by atoms with van der Waals surface area (Å²) in [6.45, 7) is -0.00576. The van der Waals surface area contributed by atoms with E-state index in [0.717, 1.165) is 11.3 Å². The number of aliphatic hydroxyl groups excluding tert-OH is 1. The zero-order valence-corrected chi connectivity index (χ0v) is 10.4. The molecule has 0 aliphatic carbocycles. The summed E-state index contributed by atoms with van der Waals surface area (Å²) in [5, 5.41) is 12.5. The van der Waals surface area contributed by atoms with Gasteiger partial charge in [-0.2, -0.15) is 0 Å². The Morgan fingerprint density at radius 3 is 2.53 bits per heavy atom. The van der Waals surface area contributed by atoms with Crippen LogP contribution in [0.4, 0.5) is 5.69 Å². The first-order chi connectivity index (χ1) is 8.11. The van der Waals surface area contributed by atoms with Crippen LogP contribution in [0.3, 0.4) is 0 Å². The Labute approximate surface area is 102 Å². The number of hydrogen-bond donors (Lipinski definition) is 2. The predicted octanol–water partition coefficient (Wildman–Crippen LogP) is 1.17. The first-order valence-electron chi connectivity index (χ1n) is 5.76. The lowest BCUT2D eigenvalue weighted by molar-refractivity contribution is 0.282. The smallest absolute Gasteiger partial charge is 0.150 e. The SMILES string of the molecule is O=S1(=O)CCC(Nc2ccccc2CO)CC1. The van der Waals surface area contributed by atoms with Crippen molar-refractivity contribution >= 4 is 15.5 Å². The van der Waals surface area contributed by atoms with E-state index in [1.807, 2.05) is 24.3 Å². The summed E-state index contributed by atoms with van der Waals surface area (Å²) in [6, 6.07) is 7.74. The van der Waals surface area contributed by atoms with Crippen LogP contribution in [0.5, 0.6) is 0 Å². The molecule has 0 aromatic heterocycles. The molecule has 1 saturated heterocycles. The Hall–Kier alpha value is -1.07. The lowest BCUT2D eigenvalue weighted by Gasteiger charge is -2.25. The van der Waals surface area contributed by atoms with Gasteiger partial charge >= 0.3 is 0 Å². The highest BCUT2D eigenvalue weighted by Gasteiger charge is 2.23. The number of nitrogens with one attached hydrogen (secondary N) is 1. The average Bonchev–Trinajstić information content (AvgIpc) is 2.32. The zero-order chi connectivity index (χ0) is 12.3. The standard InChI is InChI=1S/C12H17NO3S/c14-9-10-3-1-2-4-12(10)13-11-5-7-17(15,16)8-6-11/h1-4,11,13-14H,5-9H2. The van der Waals surface area contributed by atoms with E-state index in [1.54, 1.807) is 0 Å². The van der Waals surface area contributed by atoms with Crippen LogP contribution < -0.4 is 5.32 Å². The molecule has 0 amide bonds. The van der Waals surface area contributed by atoms with E-state index in [-0.39, 0.29) is 24.2 Å². The van der Waals surface area contributed by atoms with Crippen molar-refractivity contribution in [2.24, 2.45) is 0 Å². The van der Waals surface area contributed by atoms with Gasteiger partial charge in [-0.1, -0.05) is 18.2 Å². The van der Waals surface area contributed by atoms with Crippen molar-refractivity contribution in [3.05, 3.63) is 29.8 Å². The molecule has 0 radical (unpaired) electrons. The molecule has 1 aliphatic rings. The van der Waals surface area contributed by atoms with Crippen molar-refractivity contribution in [3.8, 4) is 0 Å². The number of sulfone groups is 1. The van der Waals surface area contributed by atoms with Crippen LogP contribution in [0, 0.1) is 0 Å². The van der Waals surface area contributed by atoms with Crippen molar-refractivity contribution in [1.82, 2.24) is 0 Å². The molecule has 2 N–H and O–H groups in total. The molecular formula is C12H17NO3S. The van der Waals surface area contributed by atoms with Crippen LogP contribution in [-0.4, -0.2) is 31.1 Å². The van der Waals surface area contributed by atoms with E-state index in [1.165, 1.54) is 0 Å². The second-order valence-electron chi connectivity index (χ2n) is 4.39. The fourth-order valence-electron chi connectivity index (χ4n) is 2.05. The van der Waals surface area contributed by atoms with E-state index in [2.05, 4.69) is 5.32 Å². The van der Waals surface area contributed by atoms with Gasteiger partial charge < -0.3 is 10.4 Å². The molecule has 1 aromatic rings. The average molecular weight is 255 g/mol. The van der Waals surface area contributed by atoms with Crippen LogP contribution in [0.25, 0.3) is 0 Å². The highest BCUT2D eigenvalue weighted by atomic mass is 32.2. The molecule has 5 heteroatoms. The van der Waals surface area contributed by atoms with Crippen molar-refractivity contribution in [2.75, 3.05) is 16.8 Å². The molecule has 0 bridgehead atoms. The monoisotopic (exact) mass is 255 g/mol. The highest BCUT2D eigenvalue weighted by Crippen LogP contribution is 2.21. The minimum absolute atomic E-state index is 0.00576. The summed E-state index contributed by atoms with van der Waals surface area (Å²) in [6.07, 6.45) is 1.28. The summed E-state index contributed by atoms with van der Waals surface area (Å²) >= 11 is 0. The van der Waals surface area contributed by atoms with Gasteiger partial charge in [-0.25, -0.2) is 8.42 Å². The second kappa shape index (κ2) is 5.06. The number of para-hydroxylation sites is 1. The molecular weight excluding hydrogens is 238 g/mol. The fourth-order valence-corrected chi connectivity index (χ4v) is 3.54. The Bertz CT molecular complexity index is 470. The highest BCUT2D eigenvalue weighted by molar-refractivity contribution is 7.91. The number of hydrogen-bond acceptors (Lipinski definition) is 4. The predicted molar refractivity (Wildman–Crippen MR) is 67.7 cm³/mol. The van der Waals surface area contributed by atoms with Crippen LogP contribution >= 0.6 is 0 Å². The van der Waals surface area contributed by atoms with E-state index >= 15 is 0 Å². The van der Waals surface area contributed by atoms with E-state index in [0.29, 0.717) is 12.8 Å². The molecule has 0 saturated carbocycles. The van der Waals surface area contributed by atoms with Crippen molar-refractivity contribution in [3.63, 3.8) is 0 Å². The van der Waals surface area contributed by atoms with Gasteiger partial charge in [0.15, 0.2) is 0 Å². The topological polar surface area (TPSA) is 66.4 Å². The Kier molecular flexibility index (Phi) is 3.69. The second-order valence-corrected chi connectivity index (χ2v) is 6.69. The Morgan fingerprint density at radius 2 is 1.88 bits per heavy atom.